The number of ether oxygens (including phenoxy) is 4. The highest BCUT2D eigenvalue weighted by atomic mass is 32.2. The topological polar surface area (TPSA) is 124 Å². The van der Waals surface area contributed by atoms with Crippen molar-refractivity contribution in [3.8, 4) is 23.0 Å². The van der Waals surface area contributed by atoms with E-state index in [4.69, 9.17) is 18.9 Å². The maximum absolute atomic E-state index is 14.3. The Morgan fingerprint density at radius 2 is 1.43 bits per heavy atom. The Morgan fingerprint density at radius 3 is 2.02 bits per heavy atom. The summed E-state index contributed by atoms with van der Waals surface area (Å²) in [5, 5.41) is 2.85. The van der Waals surface area contributed by atoms with Gasteiger partial charge in [-0.2, -0.15) is 0 Å². The van der Waals surface area contributed by atoms with E-state index in [1.165, 1.54) is 57.6 Å². The van der Waals surface area contributed by atoms with Gasteiger partial charge < -0.3 is 29.2 Å². The molecule has 0 saturated carbocycles. The van der Waals surface area contributed by atoms with Crippen molar-refractivity contribution < 1.29 is 37.0 Å². The first kappa shape index (κ1) is 34.0. The summed E-state index contributed by atoms with van der Waals surface area (Å²) in [6.45, 7) is 4.82. The first-order chi connectivity index (χ1) is 21.0. The lowest BCUT2D eigenvalue weighted by atomic mass is 10.1. The molecule has 0 aliphatic heterocycles. The van der Waals surface area contributed by atoms with E-state index in [2.05, 4.69) is 5.32 Å². The van der Waals surface area contributed by atoms with Gasteiger partial charge >= 0.3 is 0 Å². The first-order valence-corrected chi connectivity index (χ1v) is 15.5. The molecule has 12 heteroatoms. The van der Waals surface area contributed by atoms with Gasteiger partial charge in [-0.25, -0.2) is 8.42 Å². The summed E-state index contributed by atoms with van der Waals surface area (Å²) < 4.78 is 51.2. The molecule has 3 aromatic carbocycles. The van der Waals surface area contributed by atoms with Crippen molar-refractivity contribution in [3.05, 3.63) is 72.3 Å². The molecule has 2 amide bonds. The van der Waals surface area contributed by atoms with E-state index in [0.717, 1.165) is 9.87 Å². The number of methoxy groups -OCH3 is 4. The quantitative estimate of drug-likeness (QED) is 0.269. The number of anilines is 1. The first-order valence-electron chi connectivity index (χ1n) is 14.1. The molecule has 0 heterocycles. The molecule has 1 atom stereocenters. The molecule has 11 nitrogen and oxygen atoms in total. The number of benzene rings is 3. The Bertz CT molecular complexity index is 1530. The van der Waals surface area contributed by atoms with Gasteiger partial charge in [0, 0.05) is 24.7 Å². The largest absolute Gasteiger partial charge is 0.497 e. The lowest BCUT2D eigenvalue weighted by Gasteiger charge is -2.32. The third kappa shape index (κ3) is 8.13. The fourth-order valence-corrected chi connectivity index (χ4v) is 6.02. The summed E-state index contributed by atoms with van der Waals surface area (Å²) in [5.74, 6) is 0.150. The van der Waals surface area contributed by atoms with E-state index in [1.54, 1.807) is 19.1 Å². The molecule has 0 aliphatic carbocycles. The highest BCUT2D eigenvalue weighted by molar-refractivity contribution is 7.92. The normalized spacial score (nSPS) is 11.8. The minimum atomic E-state index is -4.42. The molecule has 0 radical (unpaired) electrons. The predicted octanol–water partition coefficient (Wildman–Crippen LogP) is 3.90. The Labute approximate surface area is 259 Å². The van der Waals surface area contributed by atoms with E-state index in [9.17, 15) is 18.0 Å². The van der Waals surface area contributed by atoms with Crippen molar-refractivity contribution >= 4 is 27.5 Å². The van der Waals surface area contributed by atoms with E-state index in [-0.39, 0.29) is 40.6 Å². The molecule has 238 valence electrons. The van der Waals surface area contributed by atoms with Gasteiger partial charge in [0.15, 0.2) is 11.5 Å². The van der Waals surface area contributed by atoms with Crippen LogP contribution in [0.1, 0.15) is 26.3 Å². The average Bonchev–Trinajstić information content (AvgIpc) is 3.02. The molecule has 0 spiro atoms. The van der Waals surface area contributed by atoms with Crippen LogP contribution in [0.5, 0.6) is 23.0 Å². The van der Waals surface area contributed by atoms with Crippen LogP contribution in [-0.4, -0.2) is 78.7 Å². The molecule has 44 heavy (non-hydrogen) atoms. The van der Waals surface area contributed by atoms with Crippen molar-refractivity contribution in [3.63, 3.8) is 0 Å². The van der Waals surface area contributed by atoms with Gasteiger partial charge in [-0.1, -0.05) is 30.3 Å². The lowest BCUT2D eigenvalue weighted by molar-refractivity contribution is -0.139. The van der Waals surface area contributed by atoms with Crippen molar-refractivity contribution in [1.29, 1.82) is 0 Å². The van der Waals surface area contributed by atoms with E-state index < -0.39 is 28.5 Å². The number of amides is 2. The molecule has 0 bridgehead atoms. The summed E-state index contributed by atoms with van der Waals surface area (Å²) in [4.78, 5) is 28.5. The van der Waals surface area contributed by atoms with Gasteiger partial charge in [0.25, 0.3) is 10.0 Å². The monoisotopic (exact) mass is 627 g/mol. The Kier molecular flexibility index (Phi) is 11.9. The van der Waals surface area contributed by atoms with Crippen LogP contribution < -0.4 is 28.6 Å². The Morgan fingerprint density at radius 1 is 0.795 bits per heavy atom. The summed E-state index contributed by atoms with van der Waals surface area (Å²) in [6, 6.07) is 17.3. The summed E-state index contributed by atoms with van der Waals surface area (Å²) in [5.41, 5.74) is 1.04. The van der Waals surface area contributed by atoms with Gasteiger partial charge in [0.1, 0.15) is 24.1 Å². The number of nitrogens with zero attached hydrogens (tertiary/aromatic N) is 2. The van der Waals surface area contributed by atoms with Crippen LogP contribution in [0.2, 0.25) is 0 Å². The molecular weight excluding hydrogens is 586 g/mol. The zero-order valence-electron chi connectivity index (χ0n) is 26.2. The number of rotatable bonds is 15. The molecular formula is C32H41N3O8S. The summed E-state index contributed by atoms with van der Waals surface area (Å²) in [7, 11) is 1.28. The fraction of sp³-hybridized carbons (Fsp3) is 0.375. The minimum Gasteiger partial charge on any atom is -0.497 e. The second kappa shape index (κ2) is 15.3. The van der Waals surface area contributed by atoms with Crippen LogP contribution in [0.15, 0.2) is 71.6 Å². The van der Waals surface area contributed by atoms with Crippen LogP contribution in [0.3, 0.4) is 0 Å². The number of nitrogens with one attached hydrogen (secondary N) is 1. The van der Waals surface area contributed by atoms with Gasteiger partial charge in [-0.05, 0) is 57.0 Å². The smallest absolute Gasteiger partial charge is 0.265 e. The van der Waals surface area contributed by atoms with Crippen LogP contribution in [-0.2, 0) is 26.0 Å². The summed E-state index contributed by atoms with van der Waals surface area (Å²) >= 11 is 0. The van der Waals surface area contributed by atoms with Crippen molar-refractivity contribution in [1.82, 2.24) is 10.2 Å². The standard InChI is InChI=1S/C32H41N3O8S/c1-22(2)33-32(37)23(3)34(18-17-24-11-9-8-10-12-24)31(36)21-35(27-19-25(40-4)13-15-28(27)41-5)44(38,39)26-14-16-29(42-6)30(20-26)43-7/h8-16,19-20,22-23H,17-18,21H2,1-7H3,(H,33,37)/t23-/m0/s1. The average molecular weight is 628 g/mol. The van der Waals surface area contributed by atoms with Crippen molar-refractivity contribution in [2.45, 2.75) is 44.2 Å². The van der Waals surface area contributed by atoms with Gasteiger partial charge in [0.05, 0.1) is 39.0 Å². The Balaban J connectivity index is 2.12. The Hall–Kier alpha value is -4.45. The van der Waals surface area contributed by atoms with Gasteiger partial charge in [-0.15, -0.1) is 0 Å². The molecule has 3 rings (SSSR count). The molecule has 1 N–H and O–H groups in total. The summed E-state index contributed by atoms with van der Waals surface area (Å²) in [6.07, 6.45) is 0.455. The SMILES string of the molecule is COc1ccc(OC)c(N(CC(=O)N(CCc2ccccc2)[C@@H](C)C(=O)NC(C)C)S(=O)(=O)c2ccc(OC)c(OC)c2)c1. The fourth-order valence-electron chi connectivity index (χ4n) is 4.58. The second-order valence-electron chi connectivity index (χ2n) is 10.2. The molecule has 0 saturated heterocycles. The molecule has 0 aliphatic rings. The van der Waals surface area contributed by atoms with Crippen LogP contribution in [0.4, 0.5) is 5.69 Å². The zero-order valence-corrected chi connectivity index (χ0v) is 27.0. The number of sulfonamides is 1. The van der Waals surface area contributed by atoms with E-state index >= 15 is 0 Å². The zero-order chi connectivity index (χ0) is 32.4. The molecule has 0 fully saturated rings. The lowest BCUT2D eigenvalue weighted by Crippen LogP contribution is -2.53. The van der Waals surface area contributed by atoms with E-state index in [0.29, 0.717) is 17.9 Å². The third-order valence-corrected chi connectivity index (χ3v) is 8.71. The van der Waals surface area contributed by atoms with Gasteiger partial charge in [-0.3, -0.25) is 13.9 Å². The second-order valence-corrected chi connectivity index (χ2v) is 12.1. The minimum absolute atomic E-state index is 0.0808. The van der Waals surface area contributed by atoms with Crippen LogP contribution in [0, 0.1) is 0 Å². The number of carbonyl (C=O) groups excluding carboxylic acids is 2. The van der Waals surface area contributed by atoms with Crippen molar-refractivity contribution in [2.24, 2.45) is 0 Å². The van der Waals surface area contributed by atoms with Crippen molar-refractivity contribution in [2.75, 3.05) is 45.8 Å². The van der Waals surface area contributed by atoms with Gasteiger partial charge in [0.2, 0.25) is 11.8 Å². The third-order valence-electron chi connectivity index (χ3n) is 6.96. The predicted molar refractivity (Wildman–Crippen MR) is 168 cm³/mol. The number of hydrogen-bond acceptors (Lipinski definition) is 8. The van der Waals surface area contributed by atoms with Crippen LogP contribution in [0.25, 0.3) is 0 Å². The maximum Gasteiger partial charge on any atom is 0.265 e. The molecule has 3 aromatic rings. The maximum atomic E-state index is 14.3. The molecule has 0 unspecified atom stereocenters. The highest BCUT2D eigenvalue weighted by Crippen LogP contribution is 2.37. The highest BCUT2D eigenvalue weighted by Gasteiger charge is 2.34. The number of carbonyl (C=O) groups is 2. The molecule has 0 aromatic heterocycles. The number of hydrogen-bond donors (Lipinski definition) is 1. The van der Waals surface area contributed by atoms with Crippen LogP contribution >= 0.6 is 0 Å². The van der Waals surface area contributed by atoms with E-state index in [1.807, 2.05) is 44.2 Å².